The van der Waals surface area contributed by atoms with E-state index in [4.69, 9.17) is 9.47 Å². The second-order valence-electron chi connectivity index (χ2n) is 8.07. The van der Waals surface area contributed by atoms with Gasteiger partial charge in [0.1, 0.15) is 11.6 Å². The molecule has 0 saturated heterocycles. The van der Waals surface area contributed by atoms with E-state index in [0.717, 1.165) is 0 Å². The van der Waals surface area contributed by atoms with Crippen molar-refractivity contribution in [2.45, 2.75) is 56.2 Å². The maximum atomic E-state index is 14.8. The third kappa shape index (κ3) is 7.05. The SMILES string of the molecule is CCOC(=O)[C@H](Cc1ccc(C(F)S(=O)(=O)c2ccccc2)cc1)NC(=O)OC(C)(C)C. The standard InChI is InChI=1S/C23H28FNO6S/c1-5-30-21(26)19(25-22(27)31-23(2,3)4)15-16-11-13-17(14-12-16)20(24)32(28,29)18-9-7-6-8-10-18/h6-14,19-20H,5,15H2,1-4H3,(H,25,27)/t19-,20?/m0/s1. The number of hydrogen-bond donors (Lipinski definition) is 1. The van der Waals surface area contributed by atoms with Crippen LogP contribution in [-0.2, 0) is 30.5 Å². The largest absolute Gasteiger partial charge is 0.464 e. The second-order valence-corrected chi connectivity index (χ2v) is 10.0. The first-order valence-electron chi connectivity index (χ1n) is 10.1. The lowest BCUT2D eigenvalue weighted by atomic mass is 10.0. The average molecular weight is 466 g/mol. The van der Waals surface area contributed by atoms with E-state index in [1.165, 1.54) is 48.5 Å². The van der Waals surface area contributed by atoms with E-state index >= 15 is 0 Å². The zero-order valence-corrected chi connectivity index (χ0v) is 19.3. The number of nitrogens with one attached hydrogen (secondary N) is 1. The van der Waals surface area contributed by atoms with Crippen LogP contribution in [0.3, 0.4) is 0 Å². The van der Waals surface area contributed by atoms with Gasteiger partial charge in [0.2, 0.25) is 15.3 Å². The Morgan fingerprint density at radius 3 is 2.16 bits per heavy atom. The van der Waals surface area contributed by atoms with E-state index in [1.54, 1.807) is 33.8 Å². The monoisotopic (exact) mass is 465 g/mol. The molecule has 7 nitrogen and oxygen atoms in total. The van der Waals surface area contributed by atoms with Gasteiger partial charge in [-0.2, -0.15) is 0 Å². The molecule has 2 atom stereocenters. The minimum absolute atomic E-state index is 0.0367. The molecular weight excluding hydrogens is 437 g/mol. The molecule has 0 aliphatic carbocycles. The third-order valence-electron chi connectivity index (χ3n) is 4.29. The lowest BCUT2D eigenvalue weighted by molar-refractivity contribution is -0.145. The molecule has 1 N–H and O–H groups in total. The quantitative estimate of drug-likeness (QED) is 0.589. The van der Waals surface area contributed by atoms with Crippen LogP contribution in [-0.4, -0.2) is 38.7 Å². The second kappa shape index (κ2) is 10.6. The number of ether oxygens (including phenoxy) is 2. The van der Waals surface area contributed by atoms with Gasteiger partial charge in [0.05, 0.1) is 11.5 Å². The van der Waals surface area contributed by atoms with E-state index < -0.39 is 39.0 Å². The molecule has 0 saturated carbocycles. The normalized spacial score (nSPS) is 13.7. The number of esters is 1. The molecule has 2 aromatic carbocycles. The van der Waals surface area contributed by atoms with E-state index in [-0.39, 0.29) is 23.5 Å². The van der Waals surface area contributed by atoms with Gasteiger partial charge in [-0.15, -0.1) is 0 Å². The summed E-state index contributed by atoms with van der Waals surface area (Å²) in [6.07, 6.45) is -0.717. The van der Waals surface area contributed by atoms with Crippen molar-refractivity contribution in [1.82, 2.24) is 5.32 Å². The lowest BCUT2D eigenvalue weighted by Crippen LogP contribution is -2.45. The van der Waals surface area contributed by atoms with Crippen molar-refractivity contribution in [3.63, 3.8) is 0 Å². The highest BCUT2D eigenvalue weighted by molar-refractivity contribution is 7.91. The van der Waals surface area contributed by atoms with Crippen molar-refractivity contribution < 1.29 is 31.9 Å². The van der Waals surface area contributed by atoms with Crippen LogP contribution in [0.4, 0.5) is 9.18 Å². The Balaban J connectivity index is 2.16. The van der Waals surface area contributed by atoms with E-state index in [1.807, 2.05) is 0 Å². The molecule has 0 fully saturated rings. The molecule has 2 aromatic rings. The van der Waals surface area contributed by atoms with Crippen LogP contribution in [0.1, 0.15) is 44.3 Å². The molecule has 0 aliphatic rings. The van der Waals surface area contributed by atoms with Crippen molar-refractivity contribution >= 4 is 21.9 Å². The Morgan fingerprint density at radius 1 is 1.03 bits per heavy atom. The van der Waals surface area contributed by atoms with Crippen LogP contribution in [0.15, 0.2) is 59.5 Å². The third-order valence-corrected chi connectivity index (χ3v) is 6.03. The van der Waals surface area contributed by atoms with Gasteiger partial charge in [-0.25, -0.2) is 22.4 Å². The molecule has 174 valence electrons. The zero-order chi connectivity index (χ0) is 23.9. The van der Waals surface area contributed by atoms with Crippen LogP contribution < -0.4 is 5.32 Å². The first-order chi connectivity index (χ1) is 14.9. The average Bonchev–Trinajstić information content (AvgIpc) is 2.72. The number of benzene rings is 2. The van der Waals surface area contributed by atoms with Gasteiger partial charge < -0.3 is 14.8 Å². The summed E-state index contributed by atoms with van der Waals surface area (Å²) in [5, 5.41) is 2.48. The number of rotatable bonds is 8. The fraction of sp³-hybridized carbons (Fsp3) is 0.391. The van der Waals surface area contributed by atoms with Crippen molar-refractivity contribution in [3.05, 3.63) is 65.7 Å². The maximum Gasteiger partial charge on any atom is 0.408 e. The van der Waals surface area contributed by atoms with Gasteiger partial charge in [-0.3, -0.25) is 0 Å². The Bertz CT molecular complexity index is 1020. The summed E-state index contributed by atoms with van der Waals surface area (Å²) in [5.74, 6) is -0.641. The van der Waals surface area contributed by atoms with Crippen molar-refractivity contribution in [2.75, 3.05) is 6.61 Å². The highest BCUT2D eigenvalue weighted by Gasteiger charge is 2.29. The predicted octanol–water partition coefficient (Wildman–Crippen LogP) is 4.13. The van der Waals surface area contributed by atoms with E-state index in [9.17, 15) is 22.4 Å². The highest BCUT2D eigenvalue weighted by Crippen LogP contribution is 2.30. The predicted molar refractivity (Wildman–Crippen MR) is 117 cm³/mol. The number of alkyl carbamates (subject to hydrolysis) is 1. The summed E-state index contributed by atoms with van der Waals surface area (Å²) >= 11 is 0. The minimum Gasteiger partial charge on any atom is -0.464 e. The van der Waals surface area contributed by atoms with Gasteiger partial charge >= 0.3 is 12.1 Å². The molecule has 0 radical (unpaired) electrons. The van der Waals surface area contributed by atoms with E-state index in [2.05, 4.69) is 5.32 Å². The summed E-state index contributed by atoms with van der Waals surface area (Å²) in [6.45, 7) is 6.86. The summed E-state index contributed by atoms with van der Waals surface area (Å²) in [7, 11) is -4.20. The van der Waals surface area contributed by atoms with Gasteiger partial charge in [0.25, 0.3) is 0 Å². The zero-order valence-electron chi connectivity index (χ0n) is 18.5. The lowest BCUT2D eigenvalue weighted by Gasteiger charge is -2.23. The number of halogens is 1. The molecule has 0 heterocycles. The molecule has 0 spiro atoms. The Hall–Kier alpha value is -2.94. The summed E-state index contributed by atoms with van der Waals surface area (Å²) < 4.78 is 50.0. The van der Waals surface area contributed by atoms with Gasteiger partial charge in [-0.1, -0.05) is 42.5 Å². The number of sulfone groups is 1. The summed E-state index contributed by atoms with van der Waals surface area (Å²) in [5.41, 5.74) is -2.44. The molecule has 9 heteroatoms. The van der Waals surface area contributed by atoms with Crippen LogP contribution in [0.25, 0.3) is 0 Å². The molecule has 32 heavy (non-hydrogen) atoms. The summed E-state index contributed by atoms with van der Waals surface area (Å²) in [4.78, 5) is 24.3. The topological polar surface area (TPSA) is 98.8 Å². The Labute approximate surface area is 187 Å². The fourth-order valence-electron chi connectivity index (χ4n) is 2.84. The maximum absolute atomic E-state index is 14.8. The minimum atomic E-state index is -4.20. The van der Waals surface area contributed by atoms with Crippen molar-refractivity contribution in [1.29, 1.82) is 0 Å². The van der Waals surface area contributed by atoms with Gasteiger partial charge in [-0.05, 0) is 45.4 Å². The van der Waals surface area contributed by atoms with Gasteiger partial charge in [0.15, 0.2) is 0 Å². The van der Waals surface area contributed by atoms with Crippen LogP contribution in [0.5, 0.6) is 0 Å². The fourth-order valence-corrected chi connectivity index (χ4v) is 4.13. The van der Waals surface area contributed by atoms with Crippen LogP contribution in [0.2, 0.25) is 0 Å². The molecule has 0 aliphatic heterocycles. The van der Waals surface area contributed by atoms with Gasteiger partial charge in [0, 0.05) is 12.0 Å². The number of alkyl halides is 1. The molecular formula is C23H28FNO6S. The smallest absolute Gasteiger partial charge is 0.408 e. The molecule has 0 aromatic heterocycles. The first kappa shape index (κ1) is 25.3. The van der Waals surface area contributed by atoms with Crippen molar-refractivity contribution in [2.24, 2.45) is 0 Å². The number of hydrogen-bond acceptors (Lipinski definition) is 6. The van der Waals surface area contributed by atoms with E-state index in [0.29, 0.717) is 5.56 Å². The van der Waals surface area contributed by atoms with Crippen LogP contribution in [0, 0.1) is 0 Å². The Morgan fingerprint density at radius 2 is 1.62 bits per heavy atom. The number of amides is 1. The Kier molecular flexibility index (Phi) is 8.38. The molecule has 2 rings (SSSR count). The van der Waals surface area contributed by atoms with Crippen molar-refractivity contribution in [3.8, 4) is 0 Å². The number of carbonyl (C=O) groups is 2. The molecule has 1 unspecified atom stereocenters. The van der Waals surface area contributed by atoms with Crippen LogP contribution >= 0.6 is 0 Å². The highest BCUT2D eigenvalue weighted by atomic mass is 32.2. The molecule has 0 bridgehead atoms. The summed E-state index contributed by atoms with van der Waals surface area (Å²) in [6, 6.07) is 12.0. The first-order valence-corrected chi connectivity index (χ1v) is 11.7. The molecule has 1 amide bonds. The number of carbonyl (C=O) groups excluding carboxylic acids is 2.